The molecule has 5 heteroatoms. The monoisotopic (exact) mass is 182 g/mol. The zero-order chi connectivity index (χ0) is 9.68. The second-order valence-corrected chi connectivity index (χ2v) is 2.23. The van der Waals surface area contributed by atoms with Crippen molar-refractivity contribution in [3.05, 3.63) is 29.6 Å². The molecule has 1 heterocycles. The summed E-state index contributed by atoms with van der Waals surface area (Å²) < 4.78 is 0.560. The molecule has 0 aromatic carbocycles. The number of hydrogen-bond donors (Lipinski definition) is 0. The zero-order valence-electron chi connectivity index (χ0n) is 7.21. The van der Waals surface area contributed by atoms with Gasteiger partial charge < -0.3 is 5.21 Å². The van der Waals surface area contributed by atoms with Gasteiger partial charge in [-0.3, -0.25) is 0 Å². The number of carbonyl (C=O) groups is 1. The molecule has 1 aromatic heterocycles. The molecule has 0 unspecified atom stereocenters. The lowest BCUT2D eigenvalue weighted by molar-refractivity contribution is -0.593. The Morgan fingerprint density at radius 3 is 3.00 bits per heavy atom. The summed E-state index contributed by atoms with van der Waals surface area (Å²) in [6.45, 7) is 2.06. The largest absolute Gasteiger partial charge is 0.711 e. The Labute approximate surface area is 75.7 Å². The fourth-order valence-corrected chi connectivity index (χ4v) is 0.880. The molecule has 1 aromatic rings. The van der Waals surface area contributed by atoms with E-state index in [9.17, 15) is 10.0 Å². The van der Waals surface area contributed by atoms with Crippen molar-refractivity contribution >= 4 is 12.2 Å². The predicted octanol–water partition coefficient (Wildman–Crippen LogP) is 0.234. The van der Waals surface area contributed by atoms with Gasteiger partial charge in [-0.2, -0.15) is 4.84 Å². The van der Waals surface area contributed by atoms with E-state index in [1.54, 1.807) is 19.1 Å². The molecule has 0 atom stereocenters. The molecule has 0 radical (unpaired) electrons. The normalized spacial score (nSPS) is 9.62. The third kappa shape index (κ3) is 2.16. The van der Waals surface area contributed by atoms with E-state index in [1.807, 2.05) is 0 Å². The molecule has 0 aliphatic heterocycles. The molecule has 0 aliphatic rings. The summed E-state index contributed by atoms with van der Waals surface area (Å²) in [5.74, 6) is 0.152. The average Bonchev–Trinajstić information content (AvgIpc) is 2.16. The minimum atomic E-state index is 0.152. The van der Waals surface area contributed by atoms with Gasteiger partial charge in [0.1, 0.15) is 0 Å². The first-order chi connectivity index (χ1) is 6.29. The van der Waals surface area contributed by atoms with Crippen LogP contribution in [0.5, 0.6) is 0 Å². The third-order valence-electron chi connectivity index (χ3n) is 1.39. The van der Waals surface area contributed by atoms with Crippen LogP contribution < -0.4 is 9.79 Å². The SMILES string of the molecule is CCON(C=O)c1cccc[n+]1[O-]. The highest BCUT2D eigenvalue weighted by Crippen LogP contribution is 2.04. The Balaban J connectivity index is 2.90. The molecule has 0 fully saturated rings. The highest BCUT2D eigenvalue weighted by Gasteiger charge is 2.15. The maximum absolute atomic E-state index is 11.1. The molecular weight excluding hydrogens is 172 g/mol. The van der Waals surface area contributed by atoms with Gasteiger partial charge in [0.05, 0.1) is 12.8 Å². The third-order valence-corrected chi connectivity index (χ3v) is 1.39. The zero-order valence-corrected chi connectivity index (χ0v) is 7.21. The Hall–Kier alpha value is -1.62. The van der Waals surface area contributed by atoms with Gasteiger partial charge in [0, 0.05) is 6.07 Å². The van der Waals surface area contributed by atoms with Crippen LogP contribution in [0.3, 0.4) is 0 Å². The van der Waals surface area contributed by atoms with Crippen molar-refractivity contribution in [1.29, 1.82) is 0 Å². The number of aromatic nitrogens is 1. The molecule has 1 rings (SSSR count). The minimum Gasteiger partial charge on any atom is -0.711 e. The van der Waals surface area contributed by atoms with E-state index < -0.39 is 0 Å². The van der Waals surface area contributed by atoms with Gasteiger partial charge in [0.15, 0.2) is 0 Å². The number of carbonyl (C=O) groups excluding carboxylic acids is 1. The lowest BCUT2D eigenvalue weighted by atomic mass is 10.5. The summed E-state index contributed by atoms with van der Waals surface area (Å²) in [7, 11) is 0. The summed E-state index contributed by atoms with van der Waals surface area (Å²) in [4.78, 5) is 15.4. The first kappa shape index (κ1) is 9.47. The van der Waals surface area contributed by atoms with Crippen LogP contribution in [0.25, 0.3) is 0 Å². The highest BCUT2D eigenvalue weighted by atomic mass is 16.7. The number of hydrogen-bond acceptors (Lipinski definition) is 3. The van der Waals surface area contributed by atoms with Crippen molar-refractivity contribution in [2.75, 3.05) is 11.7 Å². The maximum atomic E-state index is 11.1. The minimum absolute atomic E-state index is 0.152. The van der Waals surface area contributed by atoms with Crippen molar-refractivity contribution in [2.45, 2.75) is 6.92 Å². The first-order valence-electron chi connectivity index (χ1n) is 3.85. The molecule has 13 heavy (non-hydrogen) atoms. The number of hydroxylamine groups is 1. The van der Waals surface area contributed by atoms with Crippen LogP contribution >= 0.6 is 0 Å². The average molecular weight is 182 g/mol. The van der Waals surface area contributed by atoms with E-state index in [-0.39, 0.29) is 5.82 Å². The quantitative estimate of drug-likeness (QED) is 0.290. The number of pyridine rings is 1. The Morgan fingerprint density at radius 1 is 1.69 bits per heavy atom. The van der Waals surface area contributed by atoms with Gasteiger partial charge in [-0.15, -0.1) is 0 Å². The summed E-state index contributed by atoms with van der Waals surface area (Å²) in [6.07, 6.45) is 1.75. The fraction of sp³-hybridized carbons (Fsp3) is 0.250. The van der Waals surface area contributed by atoms with Crippen LogP contribution in [-0.2, 0) is 9.63 Å². The lowest BCUT2D eigenvalue weighted by Crippen LogP contribution is -2.37. The lowest BCUT2D eigenvalue weighted by Gasteiger charge is -2.11. The van der Waals surface area contributed by atoms with E-state index in [0.717, 1.165) is 5.06 Å². The van der Waals surface area contributed by atoms with Gasteiger partial charge in [-0.1, -0.05) is 6.07 Å². The topological polar surface area (TPSA) is 56.5 Å². The summed E-state index contributed by atoms with van der Waals surface area (Å²) in [5, 5.41) is 12.0. The summed E-state index contributed by atoms with van der Waals surface area (Å²) >= 11 is 0. The van der Waals surface area contributed by atoms with Crippen molar-refractivity contribution in [3.8, 4) is 0 Å². The van der Waals surface area contributed by atoms with Gasteiger partial charge >= 0.3 is 12.2 Å². The number of nitrogens with zero attached hydrogens (tertiary/aromatic N) is 2. The van der Waals surface area contributed by atoms with Crippen LogP contribution in [0, 0.1) is 5.21 Å². The molecule has 0 saturated carbocycles. The molecule has 5 nitrogen and oxygen atoms in total. The standard InChI is InChI=1S/C8H10N2O3/c1-2-13-10(7-11)8-5-3-4-6-9(8)12/h3-7H,2H2,1H3. The van der Waals surface area contributed by atoms with E-state index in [0.29, 0.717) is 17.7 Å². The summed E-state index contributed by atoms with van der Waals surface area (Å²) in [6, 6.07) is 4.72. The van der Waals surface area contributed by atoms with Crippen LogP contribution in [0.15, 0.2) is 24.4 Å². The van der Waals surface area contributed by atoms with Crippen molar-refractivity contribution in [1.82, 2.24) is 0 Å². The van der Waals surface area contributed by atoms with Crippen LogP contribution in [0.4, 0.5) is 5.82 Å². The Morgan fingerprint density at radius 2 is 2.46 bits per heavy atom. The first-order valence-corrected chi connectivity index (χ1v) is 3.85. The number of anilines is 1. The predicted molar refractivity (Wildman–Crippen MR) is 45.6 cm³/mol. The molecule has 0 saturated heterocycles. The van der Waals surface area contributed by atoms with E-state index >= 15 is 0 Å². The highest BCUT2D eigenvalue weighted by molar-refractivity contribution is 5.68. The van der Waals surface area contributed by atoms with Gasteiger partial charge in [0.2, 0.25) is 0 Å². The van der Waals surface area contributed by atoms with Crippen molar-refractivity contribution in [3.63, 3.8) is 0 Å². The smallest absolute Gasteiger partial charge is 0.328 e. The molecule has 1 amide bonds. The fourth-order valence-electron chi connectivity index (χ4n) is 0.880. The Kier molecular flexibility index (Phi) is 3.22. The second kappa shape index (κ2) is 4.42. The van der Waals surface area contributed by atoms with Crippen LogP contribution in [-0.4, -0.2) is 13.0 Å². The molecule has 0 aliphatic carbocycles. The molecule has 0 bridgehead atoms. The molecule has 70 valence electrons. The van der Waals surface area contributed by atoms with E-state index in [2.05, 4.69) is 0 Å². The number of amides is 1. The molecular formula is C8H10N2O3. The van der Waals surface area contributed by atoms with E-state index in [4.69, 9.17) is 4.84 Å². The maximum Gasteiger partial charge on any atom is 0.328 e. The van der Waals surface area contributed by atoms with Crippen LogP contribution in [0.2, 0.25) is 0 Å². The van der Waals surface area contributed by atoms with Gasteiger partial charge in [-0.25, -0.2) is 9.52 Å². The van der Waals surface area contributed by atoms with Gasteiger partial charge in [0.25, 0.3) is 0 Å². The Bertz CT molecular complexity index is 290. The van der Waals surface area contributed by atoms with E-state index in [1.165, 1.54) is 12.3 Å². The molecule has 0 spiro atoms. The second-order valence-electron chi connectivity index (χ2n) is 2.23. The van der Waals surface area contributed by atoms with Crippen LogP contribution in [0.1, 0.15) is 6.92 Å². The number of rotatable bonds is 4. The van der Waals surface area contributed by atoms with Crippen molar-refractivity contribution in [2.24, 2.45) is 0 Å². The van der Waals surface area contributed by atoms with Crippen molar-refractivity contribution < 1.29 is 14.4 Å². The summed E-state index contributed by atoms with van der Waals surface area (Å²) in [5.41, 5.74) is 0. The van der Waals surface area contributed by atoms with Gasteiger partial charge in [-0.05, 0) is 18.1 Å². The molecule has 0 N–H and O–H groups in total.